The van der Waals surface area contributed by atoms with E-state index in [-0.39, 0.29) is 5.89 Å². The monoisotopic (exact) mass is 209 g/mol. The molecule has 0 fully saturated rings. The highest BCUT2D eigenvalue weighted by Crippen LogP contribution is 2.18. The van der Waals surface area contributed by atoms with Gasteiger partial charge in [-0.1, -0.05) is 13.0 Å². The molecule has 0 unspecified atom stereocenters. The topological polar surface area (TPSA) is 43.1 Å². The van der Waals surface area contributed by atoms with Gasteiger partial charge in [-0.2, -0.15) is 0 Å². The van der Waals surface area contributed by atoms with Crippen LogP contribution >= 0.6 is 11.6 Å². The van der Waals surface area contributed by atoms with Gasteiger partial charge >= 0.3 is 5.24 Å². The third kappa shape index (κ3) is 1.51. The van der Waals surface area contributed by atoms with Crippen LogP contribution in [0.3, 0.4) is 0 Å². The number of hydrogen-bond acceptors (Lipinski definition) is 3. The van der Waals surface area contributed by atoms with Crippen molar-refractivity contribution in [2.24, 2.45) is 0 Å². The fraction of sp³-hybridized carbons (Fsp3) is 0.200. The Balaban J connectivity index is 2.60. The molecule has 0 N–H and O–H groups in total. The maximum Gasteiger partial charge on any atom is 0.307 e. The first-order valence-electron chi connectivity index (χ1n) is 4.30. The molecular weight excluding hydrogens is 202 g/mol. The summed E-state index contributed by atoms with van der Waals surface area (Å²) in [5.74, 6) is -0.0464. The van der Waals surface area contributed by atoms with Crippen molar-refractivity contribution in [1.82, 2.24) is 4.98 Å². The third-order valence-corrected chi connectivity index (χ3v) is 2.19. The molecule has 0 spiro atoms. The second-order valence-corrected chi connectivity index (χ2v) is 3.29. The fourth-order valence-corrected chi connectivity index (χ4v) is 1.35. The van der Waals surface area contributed by atoms with Crippen molar-refractivity contribution in [2.45, 2.75) is 13.3 Å². The zero-order chi connectivity index (χ0) is 10.1. The summed E-state index contributed by atoms with van der Waals surface area (Å²) >= 11 is 5.25. The molecule has 72 valence electrons. The first kappa shape index (κ1) is 9.21. The van der Waals surface area contributed by atoms with Crippen LogP contribution in [0.1, 0.15) is 23.2 Å². The first-order valence-corrected chi connectivity index (χ1v) is 4.68. The molecule has 0 amide bonds. The molecule has 1 aromatic heterocycles. The number of oxazole rings is 1. The Morgan fingerprint density at radius 3 is 3.00 bits per heavy atom. The average molecular weight is 210 g/mol. The summed E-state index contributed by atoms with van der Waals surface area (Å²) in [6.07, 6.45) is 0.917. The van der Waals surface area contributed by atoms with Crippen molar-refractivity contribution in [3.05, 3.63) is 29.7 Å². The minimum atomic E-state index is -0.667. The molecule has 0 atom stereocenters. The average Bonchev–Trinajstić information content (AvgIpc) is 2.59. The lowest BCUT2D eigenvalue weighted by molar-refractivity contribution is 0.105. The highest BCUT2D eigenvalue weighted by Gasteiger charge is 2.11. The maximum absolute atomic E-state index is 10.8. The van der Waals surface area contributed by atoms with Gasteiger partial charge in [0.2, 0.25) is 0 Å². The minimum absolute atomic E-state index is 0.0464. The Kier molecular flexibility index (Phi) is 2.25. The molecule has 0 saturated heterocycles. The lowest BCUT2D eigenvalue weighted by Gasteiger charge is -1.92. The number of aryl methyl sites for hydroxylation is 1. The van der Waals surface area contributed by atoms with E-state index < -0.39 is 5.24 Å². The maximum atomic E-state index is 10.8. The predicted octanol–water partition coefficient (Wildman–Crippen LogP) is 2.77. The number of fused-ring (bicyclic) bond motifs is 1. The number of benzene rings is 1. The van der Waals surface area contributed by atoms with Crippen LogP contribution in [0.5, 0.6) is 0 Å². The fourth-order valence-electron chi connectivity index (χ4n) is 1.27. The molecular formula is C10H8ClNO2. The van der Waals surface area contributed by atoms with Crippen LogP contribution in [-0.4, -0.2) is 10.2 Å². The molecule has 1 heterocycles. The predicted molar refractivity (Wildman–Crippen MR) is 53.6 cm³/mol. The van der Waals surface area contributed by atoms with Gasteiger partial charge in [-0.05, 0) is 35.7 Å². The van der Waals surface area contributed by atoms with Gasteiger partial charge in [-0.25, -0.2) is 4.98 Å². The van der Waals surface area contributed by atoms with E-state index in [4.69, 9.17) is 16.0 Å². The van der Waals surface area contributed by atoms with Gasteiger partial charge in [0.1, 0.15) is 5.52 Å². The summed E-state index contributed by atoms with van der Waals surface area (Å²) in [5.41, 5.74) is 2.40. The number of nitrogens with zero attached hydrogens (tertiary/aromatic N) is 1. The number of hydrogen-bond donors (Lipinski definition) is 0. The SMILES string of the molecule is CCc1ccc2nc(C(=O)Cl)oc2c1. The highest BCUT2D eigenvalue weighted by atomic mass is 35.5. The second-order valence-electron chi connectivity index (χ2n) is 2.95. The van der Waals surface area contributed by atoms with E-state index in [1.807, 2.05) is 25.1 Å². The Hall–Kier alpha value is -1.35. The summed E-state index contributed by atoms with van der Waals surface area (Å²) in [5, 5.41) is -0.667. The number of carbonyl (C=O) groups excluding carboxylic acids is 1. The Morgan fingerprint density at radius 2 is 2.36 bits per heavy atom. The Labute approximate surface area is 85.7 Å². The van der Waals surface area contributed by atoms with Crippen LogP contribution in [0.25, 0.3) is 11.1 Å². The van der Waals surface area contributed by atoms with Gasteiger partial charge in [0.05, 0.1) is 0 Å². The van der Waals surface area contributed by atoms with Gasteiger partial charge in [0, 0.05) is 0 Å². The summed E-state index contributed by atoms with van der Waals surface area (Å²) < 4.78 is 5.18. The van der Waals surface area contributed by atoms with Gasteiger partial charge in [-0.15, -0.1) is 0 Å². The van der Waals surface area contributed by atoms with Crippen LogP contribution in [0.4, 0.5) is 0 Å². The van der Waals surface area contributed by atoms with Crippen molar-refractivity contribution in [2.75, 3.05) is 0 Å². The quantitative estimate of drug-likeness (QED) is 0.715. The van der Waals surface area contributed by atoms with E-state index in [2.05, 4.69) is 4.98 Å². The van der Waals surface area contributed by atoms with Gasteiger partial charge in [-0.3, -0.25) is 4.79 Å². The van der Waals surface area contributed by atoms with E-state index in [1.54, 1.807) is 0 Å². The van der Waals surface area contributed by atoms with Crippen molar-refractivity contribution in [3.8, 4) is 0 Å². The first-order chi connectivity index (χ1) is 6.70. The standard InChI is InChI=1S/C10H8ClNO2/c1-2-6-3-4-7-8(5-6)14-10(12-7)9(11)13/h3-5H,2H2,1H3. The molecule has 0 aliphatic heterocycles. The van der Waals surface area contributed by atoms with E-state index in [0.717, 1.165) is 12.0 Å². The van der Waals surface area contributed by atoms with Gasteiger partial charge < -0.3 is 4.42 Å². The molecule has 0 radical (unpaired) electrons. The van der Waals surface area contributed by atoms with E-state index in [1.165, 1.54) is 0 Å². The van der Waals surface area contributed by atoms with Crippen molar-refractivity contribution < 1.29 is 9.21 Å². The van der Waals surface area contributed by atoms with Gasteiger partial charge in [0.25, 0.3) is 5.89 Å². The molecule has 4 heteroatoms. The number of halogens is 1. The molecule has 14 heavy (non-hydrogen) atoms. The largest absolute Gasteiger partial charge is 0.433 e. The number of aromatic nitrogens is 1. The zero-order valence-electron chi connectivity index (χ0n) is 7.58. The van der Waals surface area contributed by atoms with Gasteiger partial charge in [0.15, 0.2) is 5.58 Å². The summed E-state index contributed by atoms with van der Waals surface area (Å²) in [6, 6.07) is 5.64. The summed E-state index contributed by atoms with van der Waals surface area (Å²) in [4.78, 5) is 14.7. The molecule has 2 rings (SSSR count). The molecule has 1 aromatic carbocycles. The van der Waals surface area contributed by atoms with Crippen LogP contribution in [0.2, 0.25) is 0 Å². The van der Waals surface area contributed by atoms with E-state index >= 15 is 0 Å². The highest BCUT2D eigenvalue weighted by molar-refractivity contribution is 6.67. The molecule has 0 saturated carbocycles. The zero-order valence-corrected chi connectivity index (χ0v) is 8.34. The van der Waals surface area contributed by atoms with Crippen molar-refractivity contribution in [1.29, 1.82) is 0 Å². The Bertz CT molecular complexity index is 490. The van der Waals surface area contributed by atoms with Crippen molar-refractivity contribution in [3.63, 3.8) is 0 Å². The second kappa shape index (κ2) is 3.42. The van der Waals surface area contributed by atoms with E-state index in [9.17, 15) is 4.79 Å². The van der Waals surface area contributed by atoms with Crippen LogP contribution in [-0.2, 0) is 6.42 Å². The minimum Gasteiger partial charge on any atom is -0.433 e. The summed E-state index contributed by atoms with van der Waals surface area (Å²) in [6.45, 7) is 2.05. The summed E-state index contributed by atoms with van der Waals surface area (Å²) in [7, 11) is 0. The number of rotatable bonds is 2. The molecule has 2 aromatic rings. The van der Waals surface area contributed by atoms with Crippen LogP contribution in [0, 0.1) is 0 Å². The van der Waals surface area contributed by atoms with Crippen LogP contribution < -0.4 is 0 Å². The third-order valence-electron chi connectivity index (χ3n) is 2.03. The van der Waals surface area contributed by atoms with Crippen molar-refractivity contribution >= 4 is 27.9 Å². The van der Waals surface area contributed by atoms with Crippen LogP contribution in [0.15, 0.2) is 22.6 Å². The molecule has 3 nitrogen and oxygen atoms in total. The Morgan fingerprint density at radius 1 is 1.57 bits per heavy atom. The molecule has 0 aliphatic carbocycles. The molecule has 0 aliphatic rings. The normalized spacial score (nSPS) is 10.7. The van der Waals surface area contributed by atoms with E-state index in [0.29, 0.717) is 11.1 Å². The number of carbonyl (C=O) groups is 1. The molecule has 0 bridgehead atoms. The lowest BCUT2D eigenvalue weighted by Crippen LogP contribution is -1.85. The lowest BCUT2D eigenvalue weighted by atomic mass is 10.1. The smallest absolute Gasteiger partial charge is 0.307 e.